The van der Waals surface area contributed by atoms with Crippen molar-refractivity contribution in [2.75, 3.05) is 36.5 Å². The van der Waals surface area contributed by atoms with E-state index in [4.69, 9.17) is 0 Å². The first kappa shape index (κ1) is 12.8. The minimum Gasteiger partial charge on any atom is -0.393 e. The molecule has 19 heavy (non-hydrogen) atoms. The molecule has 3 nitrogen and oxygen atoms in total. The van der Waals surface area contributed by atoms with E-state index in [1.807, 2.05) is 0 Å². The molecule has 1 aliphatic heterocycles. The molecule has 1 aliphatic carbocycles. The van der Waals surface area contributed by atoms with Crippen molar-refractivity contribution in [3.8, 4) is 0 Å². The van der Waals surface area contributed by atoms with Crippen LogP contribution in [0.5, 0.6) is 0 Å². The Kier molecular flexibility index (Phi) is 3.65. The van der Waals surface area contributed by atoms with E-state index in [0.717, 1.165) is 32.5 Å². The number of rotatable bonds is 3. The number of hydrogen-bond donors (Lipinski definition) is 1. The fourth-order valence-electron chi connectivity index (χ4n) is 3.47. The predicted molar refractivity (Wildman–Crippen MR) is 79.9 cm³/mol. The third-order valence-electron chi connectivity index (χ3n) is 4.73. The van der Waals surface area contributed by atoms with Crippen LogP contribution in [0.25, 0.3) is 0 Å². The summed E-state index contributed by atoms with van der Waals surface area (Å²) in [4.78, 5) is 4.82. The Morgan fingerprint density at radius 2 is 1.95 bits per heavy atom. The van der Waals surface area contributed by atoms with Crippen molar-refractivity contribution >= 4 is 11.4 Å². The van der Waals surface area contributed by atoms with Crippen LogP contribution in [0, 0.1) is 5.92 Å². The molecular formula is C16H24N2O. The van der Waals surface area contributed by atoms with Crippen molar-refractivity contribution in [2.45, 2.75) is 31.8 Å². The van der Waals surface area contributed by atoms with Gasteiger partial charge in [-0.3, -0.25) is 0 Å². The number of hydrogen-bond acceptors (Lipinski definition) is 3. The topological polar surface area (TPSA) is 26.7 Å². The number of aliphatic hydroxyl groups excluding tert-OH is 1. The Morgan fingerprint density at radius 3 is 2.68 bits per heavy atom. The number of benzene rings is 1. The standard InChI is InChI=1S/C16H24N2O/c1-17-11-12-18(15-7-3-2-6-14(15)17)10-9-13-5-4-8-16(13)19/h2-3,6-7,13,16,19H,4-5,8-12H2,1H3. The van der Waals surface area contributed by atoms with Gasteiger partial charge in [0.05, 0.1) is 17.5 Å². The summed E-state index contributed by atoms with van der Waals surface area (Å²) < 4.78 is 0. The van der Waals surface area contributed by atoms with Gasteiger partial charge in [0, 0.05) is 26.7 Å². The quantitative estimate of drug-likeness (QED) is 0.904. The monoisotopic (exact) mass is 260 g/mol. The Morgan fingerprint density at radius 1 is 1.16 bits per heavy atom. The highest BCUT2D eigenvalue weighted by Gasteiger charge is 2.26. The second-order valence-corrected chi connectivity index (χ2v) is 5.94. The lowest BCUT2D eigenvalue weighted by Crippen LogP contribution is -2.40. The van der Waals surface area contributed by atoms with Crippen LogP contribution in [0.1, 0.15) is 25.7 Å². The van der Waals surface area contributed by atoms with Crippen LogP contribution in [-0.4, -0.2) is 37.9 Å². The molecule has 1 aromatic rings. The fourth-order valence-corrected chi connectivity index (χ4v) is 3.47. The van der Waals surface area contributed by atoms with Crippen LogP contribution < -0.4 is 9.80 Å². The molecule has 1 aromatic carbocycles. The van der Waals surface area contributed by atoms with Gasteiger partial charge in [-0.05, 0) is 37.3 Å². The number of fused-ring (bicyclic) bond motifs is 1. The zero-order valence-corrected chi connectivity index (χ0v) is 11.8. The summed E-state index contributed by atoms with van der Waals surface area (Å²) in [7, 11) is 2.16. The zero-order valence-electron chi connectivity index (χ0n) is 11.8. The predicted octanol–water partition coefficient (Wildman–Crippen LogP) is 2.49. The molecule has 1 fully saturated rings. The van der Waals surface area contributed by atoms with Gasteiger partial charge in [0.25, 0.3) is 0 Å². The summed E-state index contributed by atoms with van der Waals surface area (Å²) in [5.41, 5.74) is 2.68. The largest absolute Gasteiger partial charge is 0.393 e. The highest BCUT2D eigenvalue weighted by Crippen LogP contribution is 2.33. The van der Waals surface area contributed by atoms with Gasteiger partial charge in [0.15, 0.2) is 0 Å². The van der Waals surface area contributed by atoms with Crippen molar-refractivity contribution in [3.63, 3.8) is 0 Å². The molecule has 0 aromatic heterocycles. The molecule has 0 bridgehead atoms. The molecule has 1 saturated carbocycles. The highest BCUT2D eigenvalue weighted by atomic mass is 16.3. The average molecular weight is 260 g/mol. The minimum absolute atomic E-state index is 0.0530. The molecule has 2 unspecified atom stereocenters. The van der Waals surface area contributed by atoms with Gasteiger partial charge < -0.3 is 14.9 Å². The molecule has 3 heteroatoms. The van der Waals surface area contributed by atoms with Gasteiger partial charge in [-0.25, -0.2) is 0 Å². The van der Waals surface area contributed by atoms with E-state index < -0.39 is 0 Å². The van der Waals surface area contributed by atoms with Gasteiger partial charge >= 0.3 is 0 Å². The number of nitrogens with zero attached hydrogens (tertiary/aromatic N) is 2. The van der Waals surface area contributed by atoms with Crippen LogP contribution in [-0.2, 0) is 0 Å². The third kappa shape index (κ3) is 2.57. The SMILES string of the molecule is CN1CCN(CCC2CCCC2O)c2ccccc21. The highest BCUT2D eigenvalue weighted by molar-refractivity contribution is 5.72. The van der Waals surface area contributed by atoms with Gasteiger partial charge in [0.1, 0.15) is 0 Å². The lowest BCUT2D eigenvalue weighted by molar-refractivity contribution is 0.129. The lowest BCUT2D eigenvalue weighted by atomic mass is 10.0. The number of aliphatic hydroxyl groups is 1. The fraction of sp³-hybridized carbons (Fsp3) is 0.625. The first-order chi connectivity index (χ1) is 9.25. The molecule has 0 saturated heterocycles. The Hall–Kier alpha value is -1.22. The summed E-state index contributed by atoms with van der Waals surface area (Å²) in [6.07, 6.45) is 4.48. The smallest absolute Gasteiger partial charge is 0.0604 e. The molecule has 0 amide bonds. The van der Waals surface area contributed by atoms with E-state index in [9.17, 15) is 5.11 Å². The second kappa shape index (κ2) is 5.41. The second-order valence-electron chi connectivity index (χ2n) is 5.94. The first-order valence-corrected chi connectivity index (χ1v) is 7.49. The van der Waals surface area contributed by atoms with Crippen molar-refractivity contribution in [1.29, 1.82) is 0 Å². The Balaban J connectivity index is 1.67. The molecule has 0 radical (unpaired) electrons. The lowest BCUT2D eigenvalue weighted by Gasteiger charge is -2.37. The number of likely N-dealkylation sites (N-methyl/N-ethyl adjacent to an activating group) is 1. The molecular weight excluding hydrogens is 236 g/mol. The van der Waals surface area contributed by atoms with Crippen LogP contribution in [0.3, 0.4) is 0 Å². The molecule has 3 rings (SSSR count). The molecule has 104 valence electrons. The average Bonchev–Trinajstić information content (AvgIpc) is 2.84. The maximum absolute atomic E-state index is 9.93. The summed E-state index contributed by atoms with van der Waals surface area (Å²) in [6, 6.07) is 8.65. The van der Waals surface area contributed by atoms with Gasteiger partial charge in [-0.2, -0.15) is 0 Å². The molecule has 1 heterocycles. The van der Waals surface area contributed by atoms with E-state index in [1.165, 1.54) is 24.2 Å². The van der Waals surface area contributed by atoms with Gasteiger partial charge in [-0.1, -0.05) is 18.6 Å². The Bertz CT molecular complexity index is 435. The van der Waals surface area contributed by atoms with E-state index in [-0.39, 0.29) is 6.10 Å². The van der Waals surface area contributed by atoms with E-state index >= 15 is 0 Å². The van der Waals surface area contributed by atoms with E-state index in [0.29, 0.717) is 5.92 Å². The Labute approximate surface area is 115 Å². The number of anilines is 2. The van der Waals surface area contributed by atoms with Crippen LogP contribution in [0.15, 0.2) is 24.3 Å². The van der Waals surface area contributed by atoms with Crippen LogP contribution in [0.2, 0.25) is 0 Å². The molecule has 0 spiro atoms. The number of para-hydroxylation sites is 2. The normalized spacial score (nSPS) is 26.6. The summed E-state index contributed by atoms with van der Waals surface area (Å²) in [5.74, 6) is 0.520. The summed E-state index contributed by atoms with van der Waals surface area (Å²) in [6.45, 7) is 3.26. The third-order valence-corrected chi connectivity index (χ3v) is 4.73. The summed E-state index contributed by atoms with van der Waals surface area (Å²) in [5, 5.41) is 9.93. The van der Waals surface area contributed by atoms with Crippen LogP contribution in [0.4, 0.5) is 11.4 Å². The first-order valence-electron chi connectivity index (χ1n) is 7.49. The molecule has 2 aliphatic rings. The molecule has 2 atom stereocenters. The van der Waals surface area contributed by atoms with Crippen molar-refractivity contribution < 1.29 is 5.11 Å². The summed E-state index contributed by atoms with van der Waals surface area (Å²) >= 11 is 0. The maximum Gasteiger partial charge on any atom is 0.0604 e. The molecule has 1 N–H and O–H groups in total. The maximum atomic E-state index is 9.93. The van der Waals surface area contributed by atoms with Gasteiger partial charge in [-0.15, -0.1) is 0 Å². The minimum atomic E-state index is -0.0530. The van der Waals surface area contributed by atoms with Crippen molar-refractivity contribution in [3.05, 3.63) is 24.3 Å². The van der Waals surface area contributed by atoms with E-state index in [1.54, 1.807) is 0 Å². The van der Waals surface area contributed by atoms with Crippen molar-refractivity contribution in [1.82, 2.24) is 0 Å². The van der Waals surface area contributed by atoms with Crippen molar-refractivity contribution in [2.24, 2.45) is 5.92 Å². The van der Waals surface area contributed by atoms with Crippen LogP contribution >= 0.6 is 0 Å². The zero-order chi connectivity index (χ0) is 13.2. The van der Waals surface area contributed by atoms with Gasteiger partial charge in [0.2, 0.25) is 0 Å². The van der Waals surface area contributed by atoms with E-state index in [2.05, 4.69) is 41.1 Å².